The van der Waals surface area contributed by atoms with E-state index < -0.39 is 0 Å². The van der Waals surface area contributed by atoms with E-state index in [4.69, 9.17) is 5.73 Å². The lowest BCUT2D eigenvalue weighted by atomic mass is 10.2. The Kier molecular flexibility index (Phi) is 3.54. The summed E-state index contributed by atoms with van der Waals surface area (Å²) in [6.45, 7) is 1.00. The van der Waals surface area contributed by atoms with Crippen LogP contribution in [0.25, 0.3) is 16.3 Å². The number of thiazole rings is 1. The van der Waals surface area contributed by atoms with Crippen LogP contribution in [0.3, 0.4) is 0 Å². The Bertz CT molecular complexity index is 502. The standard InChI is InChI=1S/C12H15N3S/c1-14-7-3-2-4-9-5-6-11-10(8-9)15-12(13)16-11/h2,4-6,8,14H,3,7H2,1H3,(H2,13,15). The van der Waals surface area contributed by atoms with Crippen molar-refractivity contribution in [3.05, 3.63) is 29.8 Å². The molecule has 0 saturated carbocycles. The quantitative estimate of drug-likeness (QED) is 0.798. The number of hydrogen-bond acceptors (Lipinski definition) is 4. The van der Waals surface area contributed by atoms with Crippen molar-refractivity contribution in [2.24, 2.45) is 0 Å². The number of nitrogens with zero attached hydrogens (tertiary/aromatic N) is 1. The predicted molar refractivity (Wildman–Crippen MR) is 71.6 cm³/mol. The highest BCUT2D eigenvalue weighted by molar-refractivity contribution is 7.22. The molecule has 0 saturated heterocycles. The van der Waals surface area contributed by atoms with Gasteiger partial charge < -0.3 is 11.1 Å². The second-order valence-corrected chi connectivity index (χ2v) is 4.64. The predicted octanol–water partition coefficient (Wildman–Crippen LogP) is 2.50. The lowest BCUT2D eigenvalue weighted by molar-refractivity contribution is 0.809. The monoisotopic (exact) mass is 233 g/mol. The lowest BCUT2D eigenvalue weighted by Crippen LogP contribution is -2.05. The summed E-state index contributed by atoms with van der Waals surface area (Å²) in [5.41, 5.74) is 7.82. The zero-order valence-corrected chi connectivity index (χ0v) is 10.1. The van der Waals surface area contributed by atoms with Crippen LogP contribution in [-0.4, -0.2) is 18.6 Å². The number of anilines is 1. The smallest absolute Gasteiger partial charge is 0.181 e. The van der Waals surface area contributed by atoms with Crippen molar-refractivity contribution in [1.29, 1.82) is 0 Å². The van der Waals surface area contributed by atoms with E-state index in [9.17, 15) is 0 Å². The molecule has 1 aromatic heterocycles. The van der Waals surface area contributed by atoms with E-state index >= 15 is 0 Å². The number of nitrogens with one attached hydrogen (secondary N) is 1. The summed E-state index contributed by atoms with van der Waals surface area (Å²) >= 11 is 1.53. The number of nitrogens with two attached hydrogens (primary N) is 1. The van der Waals surface area contributed by atoms with Gasteiger partial charge in [0.2, 0.25) is 0 Å². The van der Waals surface area contributed by atoms with Gasteiger partial charge in [-0.3, -0.25) is 0 Å². The van der Waals surface area contributed by atoms with Crippen LogP contribution in [0.4, 0.5) is 5.13 Å². The molecule has 0 aliphatic rings. The van der Waals surface area contributed by atoms with Gasteiger partial charge in [-0.1, -0.05) is 29.6 Å². The fourth-order valence-electron chi connectivity index (χ4n) is 1.51. The van der Waals surface area contributed by atoms with Crippen LogP contribution >= 0.6 is 11.3 Å². The van der Waals surface area contributed by atoms with Gasteiger partial charge in [0, 0.05) is 0 Å². The molecule has 2 aromatic rings. The first-order chi connectivity index (χ1) is 7.79. The minimum Gasteiger partial charge on any atom is -0.375 e. The normalized spacial score (nSPS) is 11.6. The molecule has 0 fully saturated rings. The molecule has 0 unspecified atom stereocenters. The average Bonchev–Trinajstić information content (AvgIpc) is 2.64. The number of hydrogen-bond donors (Lipinski definition) is 2. The fourth-order valence-corrected chi connectivity index (χ4v) is 2.23. The summed E-state index contributed by atoms with van der Waals surface area (Å²) < 4.78 is 1.14. The Morgan fingerprint density at radius 1 is 1.50 bits per heavy atom. The average molecular weight is 233 g/mol. The van der Waals surface area contributed by atoms with Crippen LogP contribution in [-0.2, 0) is 0 Å². The molecule has 0 aliphatic carbocycles. The topological polar surface area (TPSA) is 50.9 Å². The zero-order chi connectivity index (χ0) is 11.4. The number of rotatable bonds is 4. The van der Waals surface area contributed by atoms with Gasteiger partial charge in [-0.2, -0.15) is 0 Å². The maximum atomic E-state index is 5.66. The third-order valence-electron chi connectivity index (χ3n) is 2.30. The fraction of sp³-hybridized carbons (Fsp3) is 0.250. The van der Waals surface area contributed by atoms with E-state index in [1.54, 1.807) is 0 Å². The molecule has 0 aliphatic heterocycles. The summed E-state index contributed by atoms with van der Waals surface area (Å²) in [4.78, 5) is 4.27. The van der Waals surface area contributed by atoms with Crippen LogP contribution in [0, 0.1) is 0 Å². The summed E-state index contributed by atoms with van der Waals surface area (Å²) in [6.07, 6.45) is 5.31. The van der Waals surface area contributed by atoms with Crippen molar-refractivity contribution in [3.63, 3.8) is 0 Å². The van der Waals surface area contributed by atoms with Crippen LogP contribution in [0.5, 0.6) is 0 Å². The highest BCUT2D eigenvalue weighted by atomic mass is 32.1. The molecule has 3 nitrogen and oxygen atoms in total. The summed E-state index contributed by atoms with van der Waals surface area (Å²) in [6, 6.07) is 6.23. The van der Waals surface area contributed by atoms with E-state index in [-0.39, 0.29) is 0 Å². The molecule has 16 heavy (non-hydrogen) atoms. The third kappa shape index (κ3) is 2.59. The highest BCUT2D eigenvalue weighted by Crippen LogP contribution is 2.24. The van der Waals surface area contributed by atoms with Crippen molar-refractivity contribution in [2.45, 2.75) is 6.42 Å². The van der Waals surface area contributed by atoms with Crippen LogP contribution in [0.2, 0.25) is 0 Å². The molecule has 2 rings (SSSR count). The van der Waals surface area contributed by atoms with Gasteiger partial charge in [0.15, 0.2) is 5.13 Å². The molecule has 0 bridgehead atoms. The van der Waals surface area contributed by atoms with E-state index in [0.29, 0.717) is 5.13 Å². The first-order valence-electron chi connectivity index (χ1n) is 5.27. The van der Waals surface area contributed by atoms with E-state index in [0.717, 1.165) is 23.2 Å². The van der Waals surface area contributed by atoms with Gasteiger partial charge in [-0.15, -0.1) is 0 Å². The molecule has 0 atom stereocenters. The lowest BCUT2D eigenvalue weighted by Gasteiger charge is -1.94. The van der Waals surface area contributed by atoms with Crippen LogP contribution in [0.1, 0.15) is 12.0 Å². The Morgan fingerprint density at radius 2 is 2.38 bits per heavy atom. The number of fused-ring (bicyclic) bond motifs is 1. The minimum atomic E-state index is 0.631. The second-order valence-electron chi connectivity index (χ2n) is 3.57. The molecule has 3 N–H and O–H groups in total. The minimum absolute atomic E-state index is 0.631. The number of nitrogen functional groups attached to an aromatic ring is 1. The molecule has 0 radical (unpaired) electrons. The third-order valence-corrected chi connectivity index (χ3v) is 3.17. The Morgan fingerprint density at radius 3 is 3.19 bits per heavy atom. The SMILES string of the molecule is CNCCC=Cc1ccc2sc(N)nc2c1. The molecule has 4 heteroatoms. The molecule has 0 amide bonds. The molecular weight excluding hydrogens is 218 g/mol. The van der Waals surface area contributed by atoms with Gasteiger partial charge in [0.05, 0.1) is 10.2 Å². The van der Waals surface area contributed by atoms with Gasteiger partial charge in [-0.25, -0.2) is 4.98 Å². The molecule has 1 heterocycles. The first-order valence-corrected chi connectivity index (χ1v) is 6.08. The van der Waals surface area contributed by atoms with Gasteiger partial charge in [0.25, 0.3) is 0 Å². The Balaban J connectivity index is 2.15. The van der Waals surface area contributed by atoms with Crippen molar-refractivity contribution < 1.29 is 0 Å². The van der Waals surface area contributed by atoms with E-state index in [1.165, 1.54) is 16.9 Å². The van der Waals surface area contributed by atoms with Gasteiger partial charge >= 0.3 is 0 Å². The maximum Gasteiger partial charge on any atom is 0.181 e. The second kappa shape index (κ2) is 5.09. The number of aromatic nitrogens is 1. The molecule has 1 aromatic carbocycles. The molecule has 84 valence electrons. The zero-order valence-electron chi connectivity index (χ0n) is 9.23. The van der Waals surface area contributed by atoms with E-state index in [1.807, 2.05) is 7.05 Å². The van der Waals surface area contributed by atoms with Crippen molar-refractivity contribution >= 4 is 32.8 Å². The Hall–Kier alpha value is -1.39. The number of benzene rings is 1. The van der Waals surface area contributed by atoms with Crippen molar-refractivity contribution in [2.75, 3.05) is 19.3 Å². The van der Waals surface area contributed by atoms with Crippen LogP contribution < -0.4 is 11.1 Å². The van der Waals surface area contributed by atoms with E-state index in [2.05, 4.69) is 40.7 Å². The summed E-state index contributed by atoms with van der Waals surface area (Å²) in [5.74, 6) is 0. The van der Waals surface area contributed by atoms with Crippen molar-refractivity contribution in [3.8, 4) is 0 Å². The summed E-state index contributed by atoms with van der Waals surface area (Å²) in [7, 11) is 1.96. The van der Waals surface area contributed by atoms with Crippen molar-refractivity contribution in [1.82, 2.24) is 10.3 Å². The Labute approximate surface area is 99.0 Å². The highest BCUT2D eigenvalue weighted by Gasteiger charge is 2.00. The maximum absolute atomic E-state index is 5.66. The largest absolute Gasteiger partial charge is 0.375 e. The molecular formula is C12H15N3S. The van der Waals surface area contributed by atoms with Crippen LogP contribution in [0.15, 0.2) is 24.3 Å². The van der Waals surface area contributed by atoms with Gasteiger partial charge in [0.1, 0.15) is 0 Å². The summed E-state index contributed by atoms with van der Waals surface area (Å²) in [5, 5.41) is 3.74. The first kappa shape index (κ1) is 11.1. The molecule has 0 spiro atoms. The van der Waals surface area contributed by atoms with Gasteiger partial charge in [-0.05, 0) is 37.7 Å².